The monoisotopic (exact) mass is 1150 g/mol. The van der Waals surface area contributed by atoms with Gasteiger partial charge in [-0.25, -0.2) is 4.39 Å². The summed E-state index contributed by atoms with van der Waals surface area (Å²) in [5.74, 6) is 1.93. The van der Waals surface area contributed by atoms with Crippen molar-refractivity contribution in [2.24, 2.45) is 0 Å². The van der Waals surface area contributed by atoms with Gasteiger partial charge in [0, 0.05) is 45.3 Å². The molecule has 1 radical (unpaired) electrons. The van der Waals surface area contributed by atoms with Crippen molar-refractivity contribution < 1.29 is 18.8 Å². The molecule has 0 bridgehead atoms. The van der Waals surface area contributed by atoms with E-state index in [1.54, 1.807) is 30.3 Å². The van der Waals surface area contributed by atoms with E-state index in [4.69, 9.17) is 32.7 Å². The fourth-order valence-electron chi connectivity index (χ4n) is 11.3. The van der Waals surface area contributed by atoms with Gasteiger partial charge in [0.15, 0.2) is 0 Å². The molecule has 0 spiro atoms. The van der Waals surface area contributed by atoms with Gasteiger partial charge in [0.2, 0.25) is 5.75 Å². The molecule has 0 fully saturated rings. The molecule has 0 saturated heterocycles. The summed E-state index contributed by atoms with van der Waals surface area (Å²) < 4.78 is 27.8. The largest absolute Gasteiger partial charge is 0.489 e. The van der Waals surface area contributed by atoms with E-state index in [1.807, 2.05) is 91.0 Å². The Bertz CT molecular complexity index is 4080. The second kappa shape index (κ2) is 26.2. The fourth-order valence-corrected chi connectivity index (χ4v) is 11.5. The summed E-state index contributed by atoms with van der Waals surface area (Å²) in [7, 11) is 0. The first-order chi connectivity index (χ1) is 41.3. The lowest BCUT2D eigenvalue weighted by Gasteiger charge is -2.30. The normalized spacial score (nSPS) is 11.4. The molecule has 421 valence electrons. The highest BCUT2D eigenvalue weighted by molar-refractivity contribution is 6.30. The van der Waals surface area contributed by atoms with Crippen molar-refractivity contribution in [2.45, 2.75) is 64.9 Å². The lowest BCUT2D eigenvalue weighted by Crippen LogP contribution is -2.20. The molecule has 0 N–H and O–H groups in total. The van der Waals surface area contributed by atoms with Gasteiger partial charge < -0.3 is 9.47 Å². The maximum Gasteiger partial charge on any atom is 0.315 e. The quantitative estimate of drug-likeness (QED) is 0.0531. The molecule has 11 aromatic carbocycles. The Hall–Kier alpha value is -9.07. The van der Waals surface area contributed by atoms with Gasteiger partial charge in [0.25, 0.3) is 0 Å². The summed E-state index contributed by atoms with van der Waals surface area (Å²) in [6.07, 6.45) is 2.32. The van der Waals surface area contributed by atoms with E-state index in [1.165, 1.54) is 17.7 Å². The van der Waals surface area contributed by atoms with E-state index in [9.17, 15) is 14.5 Å². The number of halogens is 3. The molecular formula is C77H63Cl2FNO4. The smallest absolute Gasteiger partial charge is 0.315 e. The third-order valence-corrected chi connectivity index (χ3v) is 16.5. The van der Waals surface area contributed by atoms with Crippen LogP contribution >= 0.6 is 23.2 Å². The van der Waals surface area contributed by atoms with Crippen molar-refractivity contribution in [1.29, 1.82) is 0 Å². The molecule has 0 unspecified atom stereocenters. The van der Waals surface area contributed by atoms with E-state index < -0.39 is 5.41 Å². The molecule has 0 aliphatic rings. The summed E-state index contributed by atoms with van der Waals surface area (Å²) in [5, 5.41) is 15.7. The number of nitrogens with zero attached hydrogens (tertiary/aromatic N) is 1. The van der Waals surface area contributed by atoms with Crippen molar-refractivity contribution in [1.82, 2.24) is 0 Å². The highest BCUT2D eigenvalue weighted by Gasteiger charge is 2.34. The Kier molecular flexibility index (Phi) is 17.8. The van der Waals surface area contributed by atoms with E-state index in [0.717, 1.165) is 90.2 Å². The van der Waals surface area contributed by atoms with Crippen LogP contribution in [0.25, 0.3) is 33.4 Å². The standard InChI is InChI=1S/C77H63Cl2FNO4/c1-4-52-21-32-60(33-22-52)71-42-29-57(48-74(71)77(2,3)65-18-9-6-10-19-65)46-64-50-72(73(47-56-13-11-16-61(45-56)58-14-7-5-8-15-58)75(81(82)83)76(64)85-70-40-36-67(79)37-41-70)63(43-53-23-30-59(31-24-53)62-17-12-20-68(80)49-62)44-54-27-38-69(39-28-54)84-51-55-25-34-66(78)35-26-55/h5-42,45,48-50H,4,43-44,46-47,51H2,1-3H3. The van der Waals surface area contributed by atoms with Crippen LogP contribution in [0.15, 0.2) is 255 Å². The Balaban J connectivity index is 1.10. The number of ether oxygens (including phenoxy) is 2. The van der Waals surface area contributed by atoms with Crippen LogP contribution in [0.5, 0.6) is 17.2 Å². The Morgan fingerprint density at radius 1 is 0.506 bits per heavy atom. The van der Waals surface area contributed by atoms with Crippen molar-refractivity contribution >= 4 is 28.9 Å². The van der Waals surface area contributed by atoms with Gasteiger partial charge in [-0.15, -0.1) is 0 Å². The Morgan fingerprint density at radius 2 is 1.04 bits per heavy atom. The first-order valence-corrected chi connectivity index (χ1v) is 29.4. The van der Waals surface area contributed by atoms with Crippen LogP contribution in [0.3, 0.4) is 0 Å². The first-order valence-electron chi connectivity index (χ1n) is 28.7. The van der Waals surface area contributed by atoms with E-state index in [2.05, 4.69) is 142 Å². The lowest BCUT2D eigenvalue weighted by atomic mass is 9.74. The molecule has 0 aliphatic heterocycles. The second-order valence-electron chi connectivity index (χ2n) is 22.1. The minimum absolute atomic E-state index is 0.116. The predicted octanol–water partition coefficient (Wildman–Crippen LogP) is 20.9. The highest BCUT2D eigenvalue weighted by Crippen LogP contribution is 2.47. The molecular weight excluding hydrogens is 1090 g/mol. The molecule has 11 aromatic rings. The van der Waals surface area contributed by atoms with Crippen LogP contribution in [0.4, 0.5) is 10.1 Å². The van der Waals surface area contributed by atoms with Gasteiger partial charge in [0.1, 0.15) is 23.9 Å². The van der Waals surface area contributed by atoms with Crippen LogP contribution in [0, 0.1) is 21.8 Å². The summed E-state index contributed by atoms with van der Waals surface area (Å²) in [6, 6.07) is 83.9. The summed E-state index contributed by atoms with van der Waals surface area (Å²) in [5.41, 5.74) is 15.6. The fraction of sp³-hybridized carbons (Fsp3) is 0.130. The van der Waals surface area contributed by atoms with Crippen LogP contribution < -0.4 is 9.47 Å². The number of benzene rings is 11. The number of hydrogen-bond donors (Lipinski definition) is 0. The summed E-state index contributed by atoms with van der Waals surface area (Å²) >= 11 is 12.7. The molecule has 5 nitrogen and oxygen atoms in total. The lowest BCUT2D eigenvalue weighted by molar-refractivity contribution is -0.386. The molecule has 0 aromatic heterocycles. The molecule has 8 heteroatoms. The average molecular weight is 1160 g/mol. The minimum Gasteiger partial charge on any atom is -0.489 e. The third-order valence-electron chi connectivity index (χ3n) is 16.0. The van der Waals surface area contributed by atoms with E-state index in [-0.39, 0.29) is 28.6 Å². The first kappa shape index (κ1) is 57.7. The Labute approximate surface area is 508 Å². The van der Waals surface area contributed by atoms with Gasteiger partial charge in [-0.2, -0.15) is 0 Å². The van der Waals surface area contributed by atoms with E-state index in [0.29, 0.717) is 58.5 Å². The third kappa shape index (κ3) is 14.0. The number of nitro benzene ring substituents is 1. The van der Waals surface area contributed by atoms with Gasteiger partial charge in [-0.3, -0.25) is 10.1 Å². The maximum atomic E-state index is 14.6. The maximum absolute atomic E-state index is 14.6. The number of nitro groups is 1. The topological polar surface area (TPSA) is 61.6 Å². The molecule has 0 aliphatic carbocycles. The summed E-state index contributed by atoms with van der Waals surface area (Å²) in [6.45, 7) is 7.05. The zero-order valence-corrected chi connectivity index (χ0v) is 49.2. The van der Waals surface area contributed by atoms with Gasteiger partial charge >= 0.3 is 5.69 Å². The summed E-state index contributed by atoms with van der Waals surface area (Å²) in [4.78, 5) is 14.2. The SMILES string of the molecule is CCc1ccc(-c2ccc(Cc3cc([C](Cc4ccc(OCc5ccc(Cl)cc5)cc4)Cc4ccc(-c5cccc(F)c5)cc4)c(Cc4cccc(-c5ccccc5)c4)c([N+](=O)[O-])c3Oc3ccc(Cl)cc3)cc2C(C)(C)c2ccccc2)cc1. The van der Waals surface area contributed by atoms with Gasteiger partial charge in [-0.05, 0) is 163 Å². The number of aryl methyl sites for hydroxylation is 1. The highest BCUT2D eigenvalue weighted by atomic mass is 35.5. The zero-order chi connectivity index (χ0) is 58.9. The average Bonchev–Trinajstić information content (AvgIpc) is 1.69. The van der Waals surface area contributed by atoms with Crippen molar-refractivity contribution in [3.05, 3.63) is 348 Å². The molecule has 0 saturated carbocycles. The second-order valence-corrected chi connectivity index (χ2v) is 23.0. The van der Waals surface area contributed by atoms with Crippen LogP contribution in [-0.4, -0.2) is 4.92 Å². The van der Waals surface area contributed by atoms with Gasteiger partial charge in [-0.1, -0.05) is 238 Å². The predicted molar refractivity (Wildman–Crippen MR) is 346 cm³/mol. The molecule has 0 atom stereocenters. The van der Waals surface area contributed by atoms with E-state index >= 15 is 0 Å². The van der Waals surface area contributed by atoms with Gasteiger partial charge in [0.05, 0.1) is 4.92 Å². The number of rotatable bonds is 21. The van der Waals surface area contributed by atoms with Crippen molar-refractivity contribution in [2.75, 3.05) is 0 Å². The molecule has 0 amide bonds. The Morgan fingerprint density at radius 3 is 1.68 bits per heavy atom. The van der Waals surface area contributed by atoms with Crippen LogP contribution in [0.1, 0.15) is 82.0 Å². The minimum atomic E-state index is -0.449. The molecule has 0 heterocycles. The molecule has 85 heavy (non-hydrogen) atoms. The van der Waals surface area contributed by atoms with Crippen LogP contribution in [-0.2, 0) is 44.1 Å². The van der Waals surface area contributed by atoms with Crippen molar-refractivity contribution in [3.63, 3.8) is 0 Å². The molecule has 11 rings (SSSR count). The van der Waals surface area contributed by atoms with Crippen molar-refractivity contribution in [3.8, 4) is 50.6 Å². The zero-order valence-electron chi connectivity index (χ0n) is 47.7. The number of hydrogen-bond acceptors (Lipinski definition) is 4. The van der Waals surface area contributed by atoms with Crippen LogP contribution in [0.2, 0.25) is 10.0 Å².